The number of anilines is 1. The van der Waals surface area contributed by atoms with Crippen molar-refractivity contribution in [3.63, 3.8) is 0 Å². The van der Waals surface area contributed by atoms with E-state index >= 15 is 0 Å². The number of hydrogen-bond acceptors (Lipinski definition) is 3. The number of rotatable bonds is 2. The fraction of sp³-hybridized carbons (Fsp3) is 0.231. The van der Waals surface area contributed by atoms with Gasteiger partial charge < -0.3 is 5.73 Å². The molecule has 5 nitrogen and oxygen atoms in total. The minimum absolute atomic E-state index is 0.259. The van der Waals surface area contributed by atoms with Gasteiger partial charge in [-0.05, 0) is 24.6 Å². The Morgan fingerprint density at radius 3 is 2.85 bits per heavy atom. The topological polar surface area (TPSA) is 61.7 Å². The summed E-state index contributed by atoms with van der Waals surface area (Å²) in [5, 5.41) is 4.79. The molecule has 1 aromatic carbocycles. The lowest BCUT2D eigenvalue weighted by Gasteiger charge is -2.09. The number of imidazole rings is 1. The first-order chi connectivity index (χ1) is 9.52. The number of halogens is 2. The molecule has 0 unspecified atom stereocenters. The lowest BCUT2D eigenvalue weighted by Crippen LogP contribution is -2.05. The summed E-state index contributed by atoms with van der Waals surface area (Å²) >= 11 is 6.15. The van der Waals surface area contributed by atoms with Crippen LogP contribution in [0.5, 0.6) is 0 Å². The minimum Gasteiger partial charge on any atom is -0.369 e. The first-order valence-electron chi connectivity index (χ1n) is 6.18. The van der Waals surface area contributed by atoms with Gasteiger partial charge in [-0.15, -0.1) is 0 Å². The fourth-order valence-electron chi connectivity index (χ4n) is 2.33. The summed E-state index contributed by atoms with van der Waals surface area (Å²) in [6.07, 6.45) is 0.741. The highest BCUT2D eigenvalue weighted by molar-refractivity contribution is 6.32. The van der Waals surface area contributed by atoms with E-state index in [1.807, 2.05) is 6.92 Å². The molecule has 0 radical (unpaired) electrons. The minimum atomic E-state index is -0.386. The van der Waals surface area contributed by atoms with Crippen molar-refractivity contribution in [3.05, 3.63) is 34.7 Å². The molecule has 3 aromatic rings. The van der Waals surface area contributed by atoms with Crippen molar-refractivity contribution < 1.29 is 4.39 Å². The molecule has 104 valence electrons. The number of nitrogen functional groups attached to an aromatic ring is 1. The lowest BCUT2D eigenvalue weighted by molar-refractivity contribution is 0.626. The summed E-state index contributed by atoms with van der Waals surface area (Å²) in [6, 6.07) is 4.13. The Morgan fingerprint density at radius 2 is 2.15 bits per heavy atom. The van der Waals surface area contributed by atoms with Crippen LogP contribution in [0.25, 0.3) is 16.9 Å². The summed E-state index contributed by atoms with van der Waals surface area (Å²) < 4.78 is 16.8. The molecule has 0 aliphatic carbocycles. The fourth-order valence-corrected chi connectivity index (χ4v) is 2.53. The molecule has 0 aliphatic rings. The van der Waals surface area contributed by atoms with Crippen molar-refractivity contribution in [1.29, 1.82) is 0 Å². The first kappa shape index (κ1) is 12.9. The van der Waals surface area contributed by atoms with Gasteiger partial charge in [-0.2, -0.15) is 5.10 Å². The van der Waals surface area contributed by atoms with Gasteiger partial charge in [0.25, 0.3) is 0 Å². The number of nitrogens with zero attached hydrogens (tertiary/aromatic N) is 4. The molecular formula is C13H13ClFN5. The molecule has 0 fully saturated rings. The third kappa shape index (κ3) is 1.76. The van der Waals surface area contributed by atoms with Crippen LogP contribution in [0.1, 0.15) is 12.6 Å². The van der Waals surface area contributed by atoms with E-state index in [0.29, 0.717) is 21.9 Å². The smallest absolute Gasteiger partial charge is 0.207 e. The van der Waals surface area contributed by atoms with Crippen LogP contribution in [0.3, 0.4) is 0 Å². The van der Waals surface area contributed by atoms with Crippen LogP contribution in [0.2, 0.25) is 5.02 Å². The Labute approximate surface area is 119 Å². The number of nitrogens with two attached hydrogens (primary N) is 1. The highest BCUT2D eigenvalue weighted by atomic mass is 35.5. The monoisotopic (exact) mass is 293 g/mol. The number of fused-ring (bicyclic) bond motifs is 1. The first-order valence-corrected chi connectivity index (χ1v) is 6.56. The summed E-state index contributed by atoms with van der Waals surface area (Å²) in [4.78, 5) is 4.33. The SMILES string of the molecule is CCc1nn(C)c2c1nc(N)n2-c1cc(F)ccc1Cl. The summed E-state index contributed by atoms with van der Waals surface area (Å²) in [7, 11) is 1.80. The number of aromatic nitrogens is 4. The standard InChI is InChI=1S/C13H13ClFN5/c1-3-9-11-12(19(2)18-9)20(13(16)17-11)10-6-7(15)4-5-8(10)14/h4-6H,3H2,1-2H3,(H2,16,17). The molecule has 0 bridgehead atoms. The van der Waals surface area contributed by atoms with Crippen molar-refractivity contribution in [1.82, 2.24) is 19.3 Å². The van der Waals surface area contributed by atoms with E-state index in [4.69, 9.17) is 17.3 Å². The van der Waals surface area contributed by atoms with Crippen LogP contribution < -0.4 is 5.73 Å². The molecule has 2 aromatic heterocycles. The zero-order valence-corrected chi connectivity index (χ0v) is 11.8. The molecule has 0 saturated heterocycles. The molecular weight excluding hydrogens is 281 g/mol. The Balaban J connectivity index is 2.39. The van der Waals surface area contributed by atoms with E-state index in [1.165, 1.54) is 18.2 Å². The van der Waals surface area contributed by atoms with Gasteiger partial charge in [0.2, 0.25) is 5.95 Å². The van der Waals surface area contributed by atoms with Crippen molar-refractivity contribution in [2.24, 2.45) is 7.05 Å². The maximum Gasteiger partial charge on any atom is 0.207 e. The van der Waals surface area contributed by atoms with Crippen molar-refractivity contribution >= 4 is 28.7 Å². The normalized spacial score (nSPS) is 11.4. The molecule has 20 heavy (non-hydrogen) atoms. The highest BCUT2D eigenvalue weighted by Gasteiger charge is 2.19. The van der Waals surface area contributed by atoms with Gasteiger partial charge in [0.15, 0.2) is 5.65 Å². The molecule has 3 rings (SSSR count). The summed E-state index contributed by atoms with van der Waals surface area (Å²) in [5.74, 6) is -0.126. The number of aryl methyl sites for hydroxylation is 2. The summed E-state index contributed by atoms with van der Waals surface area (Å²) in [6.45, 7) is 1.99. The third-order valence-electron chi connectivity index (χ3n) is 3.21. The van der Waals surface area contributed by atoms with Gasteiger partial charge in [0, 0.05) is 7.05 Å². The summed E-state index contributed by atoms with van der Waals surface area (Å²) in [5.41, 5.74) is 8.69. The highest BCUT2D eigenvalue weighted by Crippen LogP contribution is 2.29. The zero-order valence-electron chi connectivity index (χ0n) is 11.1. The Morgan fingerprint density at radius 1 is 1.40 bits per heavy atom. The molecule has 0 aliphatic heterocycles. The average Bonchev–Trinajstić information content (AvgIpc) is 2.90. The van der Waals surface area contributed by atoms with E-state index in [2.05, 4.69) is 10.1 Å². The van der Waals surface area contributed by atoms with E-state index in [9.17, 15) is 4.39 Å². The van der Waals surface area contributed by atoms with Gasteiger partial charge in [-0.3, -0.25) is 4.57 Å². The van der Waals surface area contributed by atoms with Gasteiger partial charge in [0.05, 0.1) is 16.4 Å². The molecule has 2 heterocycles. The molecule has 0 spiro atoms. The van der Waals surface area contributed by atoms with E-state index < -0.39 is 0 Å². The molecule has 2 N–H and O–H groups in total. The van der Waals surface area contributed by atoms with E-state index in [1.54, 1.807) is 16.3 Å². The van der Waals surface area contributed by atoms with Crippen LogP contribution in [-0.2, 0) is 13.5 Å². The number of hydrogen-bond donors (Lipinski definition) is 1. The van der Waals surface area contributed by atoms with Crippen molar-refractivity contribution in [2.45, 2.75) is 13.3 Å². The third-order valence-corrected chi connectivity index (χ3v) is 3.53. The van der Waals surface area contributed by atoms with Crippen LogP contribution in [0.4, 0.5) is 10.3 Å². The average molecular weight is 294 g/mol. The van der Waals surface area contributed by atoms with Gasteiger partial charge in [-0.1, -0.05) is 18.5 Å². The Kier molecular flexibility index (Phi) is 2.90. The van der Waals surface area contributed by atoms with E-state index in [-0.39, 0.29) is 11.8 Å². The van der Waals surface area contributed by atoms with Crippen LogP contribution >= 0.6 is 11.6 Å². The molecule has 7 heteroatoms. The van der Waals surface area contributed by atoms with Crippen LogP contribution in [-0.4, -0.2) is 19.3 Å². The van der Waals surface area contributed by atoms with Gasteiger partial charge >= 0.3 is 0 Å². The maximum absolute atomic E-state index is 13.5. The van der Waals surface area contributed by atoms with Crippen molar-refractivity contribution in [3.8, 4) is 5.69 Å². The molecule has 0 saturated carbocycles. The molecule has 0 amide bonds. The second kappa shape index (κ2) is 4.49. The van der Waals surface area contributed by atoms with Gasteiger partial charge in [-0.25, -0.2) is 14.1 Å². The number of benzene rings is 1. The van der Waals surface area contributed by atoms with Crippen molar-refractivity contribution in [2.75, 3.05) is 5.73 Å². The molecule has 0 atom stereocenters. The predicted octanol–water partition coefficient (Wildman–Crippen LogP) is 2.70. The quantitative estimate of drug-likeness (QED) is 0.790. The Hall–Kier alpha value is -2.08. The predicted molar refractivity (Wildman–Crippen MR) is 76.6 cm³/mol. The van der Waals surface area contributed by atoms with Crippen LogP contribution in [0, 0.1) is 5.82 Å². The largest absolute Gasteiger partial charge is 0.369 e. The van der Waals surface area contributed by atoms with E-state index in [0.717, 1.165) is 12.1 Å². The lowest BCUT2D eigenvalue weighted by atomic mass is 10.3. The zero-order chi connectivity index (χ0) is 14.4. The second-order valence-corrected chi connectivity index (χ2v) is 4.90. The Bertz CT molecular complexity index is 805. The second-order valence-electron chi connectivity index (χ2n) is 4.50. The van der Waals surface area contributed by atoms with Gasteiger partial charge in [0.1, 0.15) is 11.3 Å². The maximum atomic E-state index is 13.5. The van der Waals surface area contributed by atoms with Crippen LogP contribution in [0.15, 0.2) is 18.2 Å².